The van der Waals surface area contributed by atoms with E-state index >= 15 is 0 Å². The number of alkyl halides is 1. The summed E-state index contributed by atoms with van der Waals surface area (Å²) in [5.74, 6) is 1.06. The van der Waals surface area contributed by atoms with Gasteiger partial charge in [0.1, 0.15) is 23.3 Å². The monoisotopic (exact) mass is 343 g/mol. The average Bonchev–Trinajstić information content (AvgIpc) is 2.78. The van der Waals surface area contributed by atoms with E-state index in [1.165, 1.54) is 18.7 Å². The molecule has 3 nitrogen and oxygen atoms in total. The van der Waals surface area contributed by atoms with Crippen molar-refractivity contribution in [1.82, 2.24) is 0 Å². The van der Waals surface area contributed by atoms with Gasteiger partial charge < -0.3 is 9.84 Å². The largest absolute Gasteiger partial charge is 0.457 e. The van der Waals surface area contributed by atoms with Crippen LogP contribution in [0.4, 0.5) is 4.39 Å². The van der Waals surface area contributed by atoms with Crippen molar-refractivity contribution in [3.8, 4) is 17.6 Å². The van der Waals surface area contributed by atoms with E-state index in [2.05, 4.69) is 6.07 Å². The third-order valence-corrected chi connectivity index (χ3v) is 5.06. The van der Waals surface area contributed by atoms with Crippen LogP contribution in [0.25, 0.3) is 0 Å². The van der Waals surface area contributed by atoms with Gasteiger partial charge in [-0.15, -0.1) is 11.8 Å². The molecule has 3 rings (SSSR count). The van der Waals surface area contributed by atoms with Gasteiger partial charge in [0.15, 0.2) is 0 Å². The van der Waals surface area contributed by atoms with E-state index in [1.807, 2.05) is 25.3 Å². The highest BCUT2D eigenvalue weighted by molar-refractivity contribution is 7.98. The minimum atomic E-state index is -1.71. The van der Waals surface area contributed by atoms with Crippen molar-refractivity contribution in [2.45, 2.75) is 36.9 Å². The van der Waals surface area contributed by atoms with Crippen LogP contribution < -0.4 is 4.74 Å². The fourth-order valence-corrected chi connectivity index (χ4v) is 3.78. The summed E-state index contributed by atoms with van der Waals surface area (Å²) >= 11 is 1.48. The second kappa shape index (κ2) is 6.12. The lowest BCUT2D eigenvalue weighted by atomic mass is 10.0. The maximum atomic E-state index is 14.7. The highest BCUT2D eigenvalue weighted by atomic mass is 32.2. The fourth-order valence-electron chi connectivity index (χ4n) is 3.12. The van der Waals surface area contributed by atoms with Crippen molar-refractivity contribution in [1.29, 1.82) is 5.26 Å². The third kappa shape index (κ3) is 2.88. The van der Waals surface area contributed by atoms with E-state index in [0.717, 1.165) is 10.5 Å². The van der Waals surface area contributed by atoms with Crippen LogP contribution in [0.1, 0.15) is 35.3 Å². The molecule has 0 radical (unpaired) electrons. The Morgan fingerprint density at radius 3 is 2.79 bits per heavy atom. The van der Waals surface area contributed by atoms with Crippen LogP contribution in [-0.4, -0.2) is 17.0 Å². The number of ether oxygens (including phenoxy) is 1. The van der Waals surface area contributed by atoms with Crippen molar-refractivity contribution in [2.24, 2.45) is 0 Å². The molecule has 1 aliphatic carbocycles. The van der Waals surface area contributed by atoms with Crippen LogP contribution in [-0.2, 0) is 6.42 Å². The van der Waals surface area contributed by atoms with Crippen molar-refractivity contribution in [2.75, 3.05) is 6.26 Å². The summed E-state index contributed by atoms with van der Waals surface area (Å²) in [6.07, 6.45) is 0.839. The molecule has 0 spiro atoms. The second-order valence-corrected chi connectivity index (χ2v) is 7.11. The highest BCUT2D eigenvalue weighted by Gasteiger charge is 2.45. The zero-order chi connectivity index (χ0) is 17.5. The summed E-state index contributed by atoms with van der Waals surface area (Å²) in [6, 6.07) is 11.0. The number of benzene rings is 2. The van der Waals surface area contributed by atoms with Crippen LogP contribution in [0.3, 0.4) is 0 Å². The van der Waals surface area contributed by atoms with Crippen LogP contribution in [0.5, 0.6) is 11.5 Å². The zero-order valence-corrected chi connectivity index (χ0v) is 14.6. The maximum Gasteiger partial charge on any atom is 0.142 e. The molecule has 0 saturated carbocycles. The molecule has 0 aromatic heterocycles. The average molecular weight is 343 g/mol. The molecule has 0 amide bonds. The summed E-state index contributed by atoms with van der Waals surface area (Å²) < 4.78 is 20.6. The van der Waals surface area contributed by atoms with Gasteiger partial charge in [0.05, 0.1) is 11.6 Å². The lowest BCUT2D eigenvalue weighted by Crippen LogP contribution is -2.23. The van der Waals surface area contributed by atoms with Gasteiger partial charge in [-0.05, 0) is 56.0 Å². The Morgan fingerprint density at radius 2 is 2.12 bits per heavy atom. The molecule has 124 valence electrons. The number of aliphatic hydroxyl groups is 1. The zero-order valence-electron chi connectivity index (χ0n) is 13.8. The third-order valence-electron chi connectivity index (χ3n) is 4.27. The molecular weight excluding hydrogens is 325 g/mol. The number of halogens is 1. The van der Waals surface area contributed by atoms with Gasteiger partial charge >= 0.3 is 0 Å². The smallest absolute Gasteiger partial charge is 0.142 e. The first-order chi connectivity index (χ1) is 11.4. The Morgan fingerprint density at radius 1 is 1.38 bits per heavy atom. The lowest BCUT2D eigenvalue weighted by Gasteiger charge is -2.18. The Kier molecular flexibility index (Phi) is 4.29. The molecule has 1 unspecified atom stereocenters. The summed E-state index contributed by atoms with van der Waals surface area (Å²) in [5, 5.41) is 19.4. The summed E-state index contributed by atoms with van der Waals surface area (Å²) in [4.78, 5) is 0.855. The molecule has 0 saturated heterocycles. The number of nitrogens with zero attached hydrogens (tertiary/aromatic N) is 1. The number of hydrogen-bond donors (Lipinski definition) is 1. The van der Waals surface area contributed by atoms with E-state index < -0.39 is 11.8 Å². The number of thioether (sulfide) groups is 1. The molecule has 0 fully saturated rings. The molecule has 0 aliphatic heterocycles. The lowest BCUT2D eigenvalue weighted by molar-refractivity contribution is 0.0167. The van der Waals surface area contributed by atoms with Crippen LogP contribution in [0.2, 0.25) is 0 Å². The number of aliphatic hydroxyl groups excluding tert-OH is 1. The van der Waals surface area contributed by atoms with E-state index in [-0.39, 0.29) is 6.42 Å². The second-order valence-electron chi connectivity index (χ2n) is 6.26. The molecule has 2 aromatic rings. The van der Waals surface area contributed by atoms with Crippen LogP contribution in [0.15, 0.2) is 35.2 Å². The Hall–Kier alpha value is -2.03. The van der Waals surface area contributed by atoms with Crippen molar-refractivity contribution >= 4 is 11.8 Å². The molecule has 1 N–H and O–H groups in total. The molecule has 24 heavy (non-hydrogen) atoms. The first kappa shape index (κ1) is 16.8. The minimum Gasteiger partial charge on any atom is -0.457 e. The number of hydrogen-bond acceptors (Lipinski definition) is 4. The fraction of sp³-hybridized carbons (Fsp3) is 0.316. The Balaban J connectivity index is 2.06. The van der Waals surface area contributed by atoms with Gasteiger partial charge in [-0.25, -0.2) is 4.39 Å². The van der Waals surface area contributed by atoms with Crippen molar-refractivity contribution < 1.29 is 14.2 Å². The normalized spacial score (nSPS) is 22.1. The maximum absolute atomic E-state index is 14.7. The van der Waals surface area contributed by atoms with E-state index in [1.54, 1.807) is 18.2 Å². The number of fused-ring (bicyclic) bond motifs is 1. The van der Waals surface area contributed by atoms with Gasteiger partial charge in [-0.1, -0.05) is 0 Å². The van der Waals surface area contributed by atoms with Crippen molar-refractivity contribution in [3.05, 3.63) is 52.6 Å². The highest BCUT2D eigenvalue weighted by Crippen LogP contribution is 2.49. The predicted octanol–water partition coefficient (Wildman–Crippen LogP) is 4.70. The minimum absolute atomic E-state index is 0.101. The Bertz CT molecular complexity index is 842. The molecule has 2 atom stereocenters. The summed E-state index contributed by atoms with van der Waals surface area (Å²) in [6.45, 7) is 3.29. The molecule has 0 heterocycles. The Labute approximate surface area is 145 Å². The summed E-state index contributed by atoms with van der Waals surface area (Å²) in [5.41, 5.74) is 1.02. The summed E-state index contributed by atoms with van der Waals surface area (Å²) in [7, 11) is 0. The topological polar surface area (TPSA) is 53.2 Å². The number of rotatable bonds is 3. The molecular formula is C19H18FNO2S. The SMILES string of the molecule is CSc1ccc(Oc2cc(C)cc(C#N)c2)c2c1C(O)[C@](C)(F)C2. The van der Waals surface area contributed by atoms with Crippen LogP contribution >= 0.6 is 11.8 Å². The van der Waals surface area contributed by atoms with Gasteiger partial charge in [0.2, 0.25) is 0 Å². The van der Waals surface area contributed by atoms with Gasteiger partial charge in [0.25, 0.3) is 0 Å². The van der Waals surface area contributed by atoms with E-state index in [0.29, 0.717) is 28.2 Å². The van der Waals surface area contributed by atoms with Gasteiger partial charge in [-0.3, -0.25) is 0 Å². The molecule has 2 aromatic carbocycles. The van der Waals surface area contributed by atoms with Gasteiger partial charge in [-0.2, -0.15) is 5.26 Å². The predicted molar refractivity (Wildman–Crippen MR) is 92.4 cm³/mol. The quantitative estimate of drug-likeness (QED) is 0.821. The molecule has 5 heteroatoms. The van der Waals surface area contributed by atoms with Crippen molar-refractivity contribution in [3.63, 3.8) is 0 Å². The molecule has 1 aliphatic rings. The standard InChI is InChI=1S/C19H18FNO2S/c1-11-6-12(10-21)8-13(7-11)23-15-4-5-16(24-3)17-14(15)9-19(2,20)18(17)22/h4-8,18,22H,9H2,1-3H3/t18?,19-/m1/s1. The first-order valence-corrected chi connectivity index (χ1v) is 8.84. The van der Waals surface area contributed by atoms with E-state index in [9.17, 15) is 9.50 Å². The number of nitriles is 1. The first-order valence-electron chi connectivity index (χ1n) is 7.62. The van der Waals surface area contributed by atoms with E-state index in [4.69, 9.17) is 10.00 Å². The van der Waals surface area contributed by atoms with Gasteiger partial charge in [0, 0.05) is 22.4 Å². The molecule has 0 bridgehead atoms. The van der Waals surface area contributed by atoms with Crippen LogP contribution in [0, 0.1) is 18.3 Å². The number of aryl methyl sites for hydroxylation is 1.